The number of carbonyl (C=O) groups excluding carboxylic acids is 1. The third-order valence-electron chi connectivity index (χ3n) is 2.77. The summed E-state index contributed by atoms with van der Waals surface area (Å²) in [4.78, 5) is 12.2. The maximum atomic E-state index is 13.6. The zero-order chi connectivity index (χ0) is 15.4. The summed E-state index contributed by atoms with van der Waals surface area (Å²) in [6.45, 7) is 1.88. The molecule has 0 unspecified atom stereocenters. The van der Waals surface area contributed by atoms with Crippen LogP contribution in [0, 0.1) is 12.7 Å². The van der Waals surface area contributed by atoms with Gasteiger partial charge < -0.3 is 11.1 Å². The summed E-state index contributed by atoms with van der Waals surface area (Å²) >= 11 is 7.10. The number of hydrogen-bond acceptors (Lipinski definition) is 3. The van der Waals surface area contributed by atoms with Crippen molar-refractivity contribution in [2.45, 2.75) is 11.8 Å². The number of anilines is 2. The monoisotopic (exact) mass is 324 g/mol. The van der Waals surface area contributed by atoms with Crippen LogP contribution in [0.3, 0.4) is 0 Å². The molecule has 0 spiro atoms. The lowest BCUT2D eigenvalue weighted by Gasteiger charge is -2.07. The van der Waals surface area contributed by atoms with Crippen molar-refractivity contribution < 1.29 is 9.18 Å². The summed E-state index contributed by atoms with van der Waals surface area (Å²) < 4.78 is 13.6. The van der Waals surface area contributed by atoms with Gasteiger partial charge in [0.1, 0.15) is 5.82 Å². The molecule has 0 heterocycles. The summed E-state index contributed by atoms with van der Waals surface area (Å²) in [5.41, 5.74) is 7.39. The van der Waals surface area contributed by atoms with Gasteiger partial charge in [0.2, 0.25) is 5.91 Å². The van der Waals surface area contributed by atoms with Gasteiger partial charge in [0.05, 0.1) is 5.75 Å². The number of thioether (sulfide) groups is 1. The number of nitrogens with one attached hydrogen (secondary N) is 1. The number of nitrogens with two attached hydrogens (primary N) is 1. The van der Waals surface area contributed by atoms with Crippen molar-refractivity contribution in [2.75, 3.05) is 16.8 Å². The van der Waals surface area contributed by atoms with Crippen LogP contribution in [-0.4, -0.2) is 11.7 Å². The quantitative estimate of drug-likeness (QED) is 0.657. The molecule has 0 bridgehead atoms. The Balaban J connectivity index is 1.94. The normalized spacial score (nSPS) is 10.4. The fourth-order valence-corrected chi connectivity index (χ4v) is 2.55. The van der Waals surface area contributed by atoms with Crippen molar-refractivity contribution in [3.05, 3.63) is 52.8 Å². The lowest BCUT2D eigenvalue weighted by Crippen LogP contribution is -2.14. The highest BCUT2D eigenvalue weighted by molar-refractivity contribution is 8.00. The van der Waals surface area contributed by atoms with E-state index in [9.17, 15) is 9.18 Å². The fraction of sp³-hybridized carbons (Fsp3) is 0.133. The van der Waals surface area contributed by atoms with E-state index in [0.717, 1.165) is 17.3 Å². The zero-order valence-electron chi connectivity index (χ0n) is 11.3. The Kier molecular flexibility index (Phi) is 5.09. The molecular formula is C15H14ClFN2OS. The van der Waals surface area contributed by atoms with Crippen molar-refractivity contribution in [3.8, 4) is 0 Å². The van der Waals surface area contributed by atoms with Gasteiger partial charge in [0.15, 0.2) is 0 Å². The van der Waals surface area contributed by atoms with E-state index < -0.39 is 5.82 Å². The molecule has 2 aromatic carbocycles. The number of amides is 1. The van der Waals surface area contributed by atoms with Gasteiger partial charge >= 0.3 is 0 Å². The van der Waals surface area contributed by atoms with E-state index in [1.54, 1.807) is 24.3 Å². The van der Waals surface area contributed by atoms with E-state index in [4.69, 9.17) is 17.3 Å². The van der Waals surface area contributed by atoms with E-state index in [-0.39, 0.29) is 11.7 Å². The highest BCUT2D eigenvalue weighted by atomic mass is 35.5. The third kappa shape index (κ3) is 4.37. The molecule has 0 aliphatic rings. The van der Waals surface area contributed by atoms with Crippen LogP contribution in [0.5, 0.6) is 0 Å². The number of carbonyl (C=O) groups is 1. The van der Waals surface area contributed by atoms with Crippen LogP contribution in [0.2, 0.25) is 5.02 Å². The molecule has 0 saturated carbocycles. The van der Waals surface area contributed by atoms with Gasteiger partial charge in [-0.2, -0.15) is 0 Å². The van der Waals surface area contributed by atoms with Gasteiger partial charge in [-0.15, -0.1) is 11.8 Å². The SMILES string of the molecule is Cc1ccc(NC(=O)CSc2ccc(N)cc2F)cc1Cl. The number of halogens is 2. The van der Waals surface area contributed by atoms with E-state index in [0.29, 0.717) is 21.3 Å². The molecule has 3 nitrogen and oxygen atoms in total. The minimum atomic E-state index is -0.425. The van der Waals surface area contributed by atoms with Crippen LogP contribution in [-0.2, 0) is 4.79 Å². The number of aryl methyl sites for hydroxylation is 1. The van der Waals surface area contributed by atoms with Gasteiger partial charge in [-0.25, -0.2) is 4.39 Å². The minimum Gasteiger partial charge on any atom is -0.399 e. The van der Waals surface area contributed by atoms with Crippen molar-refractivity contribution >= 4 is 40.6 Å². The van der Waals surface area contributed by atoms with E-state index in [1.807, 2.05) is 13.0 Å². The topological polar surface area (TPSA) is 55.1 Å². The summed E-state index contributed by atoms with van der Waals surface area (Å²) in [5, 5.41) is 3.31. The Hall–Kier alpha value is -1.72. The van der Waals surface area contributed by atoms with Crippen LogP contribution in [0.15, 0.2) is 41.3 Å². The van der Waals surface area contributed by atoms with E-state index in [1.165, 1.54) is 6.07 Å². The molecule has 1 amide bonds. The lowest BCUT2D eigenvalue weighted by molar-refractivity contribution is -0.113. The molecule has 0 aromatic heterocycles. The molecule has 0 aliphatic carbocycles. The molecule has 110 valence electrons. The Labute approximate surface area is 131 Å². The van der Waals surface area contributed by atoms with Crippen molar-refractivity contribution in [1.82, 2.24) is 0 Å². The Morgan fingerprint density at radius 1 is 1.33 bits per heavy atom. The summed E-state index contributed by atoms with van der Waals surface area (Å²) in [7, 11) is 0. The van der Waals surface area contributed by atoms with Crippen LogP contribution in [0.4, 0.5) is 15.8 Å². The molecule has 0 saturated heterocycles. The van der Waals surface area contributed by atoms with Gasteiger partial charge in [0, 0.05) is 21.3 Å². The van der Waals surface area contributed by atoms with Crippen molar-refractivity contribution in [2.24, 2.45) is 0 Å². The molecule has 2 rings (SSSR count). The standard InChI is InChI=1S/C15H14ClFN2OS/c1-9-2-4-11(7-12(9)16)19-15(20)8-21-14-5-3-10(18)6-13(14)17/h2-7H,8,18H2,1H3,(H,19,20). The minimum absolute atomic E-state index is 0.104. The molecule has 2 aromatic rings. The van der Waals surface area contributed by atoms with Crippen LogP contribution in [0.1, 0.15) is 5.56 Å². The largest absolute Gasteiger partial charge is 0.399 e. The highest BCUT2D eigenvalue weighted by Gasteiger charge is 2.08. The first-order valence-electron chi connectivity index (χ1n) is 6.19. The third-order valence-corrected chi connectivity index (χ3v) is 4.23. The predicted molar refractivity (Wildman–Crippen MR) is 86.4 cm³/mol. The zero-order valence-corrected chi connectivity index (χ0v) is 12.9. The number of rotatable bonds is 4. The second-order valence-electron chi connectivity index (χ2n) is 4.49. The van der Waals surface area contributed by atoms with Crippen LogP contribution in [0.25, 0.3) is 0 Å². The summed E-state index contributed by atoms with van der Waals surface area (Å²) in [6.07, 6.45) is 0. The molecule has 0 atom stereocenters. The lowest BCUT2D eigenvalue weighted by atomic mass is 10.2. The van der Waals surface area contributed by atoms with Crippen LogP contribution >= 0.6 is 23.4 Å². The second kappa shape index (κ2) is 6.83. The molecule has 0 aliphatic heterocycles. The van der Waals surface area contributed by atoms with E-state index >= 15 is 0 Å². The molecule has 6 heteroatoms. The van der Waals surface area contributed by atoms with Gasteiger partial charge in [0.25, 0.3) is 0 Å². The molecular weight excluding hydrogens is 311 g/mol. The maximum absolute atomic E-state index is 13.6. The first-order valence-corrected chi connectivity index (χ1v) is 7.56. The van der Waals surface area contributed by atoms with Crippen molar-refractivity contribution in [3.63, 3.8) is 0 Å². The molecule has 0 fully saturated rings. The Morgan fingerprint density at radius 2 is 2.10 bits per heavy atom. The Morgan fingerprint density at radius 3 is 2.76 bits per heavy atom. The first-order chi connectivity index (χ1) is 9.95. The molecule has 3 N–H and O–H groups in total. The molecule has 0 radical (unpaired) electrons. The van der Waals surface area contributed by atoms with Gasteiger partial charge in [-0.1, -0.05) is 17.7 Å². The second-order valence-corrected chi connectivity index (χ2v) is 5.92. The maximum Gasteiger partial charge on any atom is 0.234 e. The number of hydrogen-bond donors (Lipinski definition) is 2. The smallest absolute Gasteiger partial charge is 0.234 e. The average molecular weight is 325 g/mol. The molecule has 21 heavy (non-hydrogen) atoms. The average Bonchev–Trinajstić information content (AvgIpc) is 2.42. The van der Waals surface area contributed by atoms with Gasteiger partial charge in [-0.05, 0) is 42.8 Å². The van der Waals surface area contributed by atoms with E-state index in [2.05, 4.69) is 5.32 Å². The fourth-order valence-electron chi connectivity index (χ4n) is 1.65. The Bertz CT molecular complexity index is 679. The number of nitrogen functional groups attached to an aromatic ring is 1. The van der Waals surface area contributed by atoms with Crippen LogP contribution < -0.4 is 11.1 Å². The summed E-state index contributed by atoms with van der Waals surface area (Å²) in [6, 6.07) is 9.68. The highest BCUT2D eigenvalue weighted by Crippen LogP contribution is 2.24. The summed E-state index contributed by atoms with van der Waals surface area (Å²) in [5.74, 6) is -0.547. The first kappa shape index (κ1) is 15.7. The predicted octanol–water partition coefficient (Wildman–Crippen LogP) is 4.10. The van der Waals surface area contributed by atoms with Gasteiger partial charge in [-0.3, -0.25) is 4.79 Å². The number of benzene rings is 2. The van der Waals surface area contributed by atoms with Crippen molar-refractivity contribution in [1.29, 1.82) is 0 Å².